The van der Waals surface area contributed by atoms with Crippen LogP contribution in [-0.4, -0.2) is 29.2 Å². The molecule has 0 aliphatic heterocycles. The van der Waals surface area contributed by atoms with Crippen molar-refractivity contribution in [2.24, 2.45) is 7.05 Å². The van der Waals surface area contributed by atoms with Crippen LogP contribution in [0.4, 0.5) is 0 Å². The molecule has 1 atom stereocenters. The van der Waals surface area contributed by atoms with E-state index in [-0.39, 0.29) is 11.9 Å². The number of ether oxygens (including phenoxy) is 2. The summed E-state index contributed by atoms with van der Waals surface area (Å²) < 4.78 is 12.8. The number of imidazole rings is 1. The maximum atomic E-state index is 12.9. The van der Waals surface area contributed by atoms with Crippen molar-refractivity contribution in [1.29, 1.82) is 0 Å². The number of benzene rings is 2. The minimum Gasteiger partial charge on any atom is -0.493 e. The van der Waals surface area contributed by atoms with Gasteiger partial charge in [0.15, 0.2) is 11.5 Å². The van der Waals surface area contributed by atoms with Crippen LogP contribution in [0, 0.1) is 0 Å². The number of carbonyl (C=O) groups excluding carboxylic acids is 1. The molecule has 1 N–H and O–H groups in total. The molecule has 0 aliphatic carbocycles. The number of methoxy groups -OCH3 is 1. The van der Waals surface area contributed by atoms with Crippen molar-refractivity contribution in [2.45, 2.75) is 13.0 Å². The van der Waals surface area contributed by atoms with Crippen LogP contribution in [0.2, 0.25) is 0 Å². The molecular weight excluding hydrogens is 342 g/mol. The van der Waals surface area contributed by atoms with Gasteiger partial charge in [-0.3, -0.25) is 4.79 Å². The first-order valence-corrected chi connectivity index (χ1v) is 8.78. The summed E-state index contributed by atoms with van der Waals surface area (Å²) in [6.07, 6.45) is 3.58. The van der Waals surface area contributed by atoms with E-state index in [0.29, 0.717) is 23.7 Å². The quantitative estimate of drug-likeness (QED) is 0.697. The zero-order chi connectivity index (χ0) is 19.2. The highest BCUT2D eigenvalue weighted by Gasteiger charge is 2.22. The Balaban J connectivity index is 1.91. The van der Waals surface area contributed by atoms with E-state index in [1.807, 2.05) is 55.1 Å². The molecule has 0 spiro atoms. The second-order valence-electron chi connectivity index (χ2n) is 6.01. The molecule has 1 heterocycles. The standard InChI is InChI=1S/C21H23N3O3/c1-4-27-18-14-16(10-11-17(18)26-3)21(25)23-19(15-8-6-5-7-9-15)20-22-12-13-24(20)2/h5-14,19H,4H2,1-3H3,(H,23,25). The fourth-order valence-electron chi connectivity index (χ4n) is 2.90. The number of amides is 1. The smallest absolute Gasteiger partial charge is 0.252 e. The maximum Gasteiger partial charge on any atom is 0.252 e. The number of hydrogen-bond acceptors (Lipinski definition) is 4. The van der Waals surface area contributed by atoms with Crippen LogP contribution in [0.5, 0.6) is 11.5 Å². The van der Waals surface area contributed by atoms with Crippen LogP contribution in [0.15, 0.2) is 60.9 Å². The summed E-state index contributed by atoms with van der Waals surface area (Å²) in [5, 5.41) is 3.08. The Labute approximate surface area is 158 Å². The van der Waals surface area contributed by atoms with Gasteiger partial charge in [0.1, 0.15) is 11.9 Å². The van der Waals surface area contributed by atoms with Gasteiger partial charge in [-0.15, -0.1) is 0 Å². The lowest BCUT2D eigenvalue weighted by Gasteiger charge is -2.19. The van der Waals surface area contributed by atoms with E-state index in [4.69, 9.17) is 9.47 Å². The van der Waals surface area contributed by atoms with E-state index < -0.39 is 0 Å². The Kier molecular flexibility index (Phi) is 5.76. The number of aryl methyl sites for hydroxylation is 1. The average Bonchev–Trinajstić information content (AvgIpc) is 3.12. The molecule has 0 aliphatic rings. The maximum absolute atomic E-state index is 12.9. The molecule has 6 nitrogen and oxygen atoms in total. The molecule has 0 saturated carbocycles. The summed E-state index contributed by atoms with van der Waals surface area (Å²) >= 11 is 0. The fraction of sp³-hybridized carbons (Fsp3) is 0.238. The topological polar surface area (TPSA) is 65.4 Å². The molecule has 27 heavy (non-hydrogen) atoms. The van der Waals surface area contributed by atoms with Gasteiger partial charge >= 0.3 is 0 Å². The number of carbonyl (C=O) groups is 1. The summed E-state index contributed by atoms with van der Waals surface area (Å²) in [6, 6.07) is 14.6. The molecule has 1 unspecified atom stereocenters. The van der Waals surface area contributed by atoms with Crippen molar-refractivity contribution in [3.63, 3.8) is 0 Å². The normalized spacial score (nSPS) is 11.7. The van der Waals surface area contributed by atoms with Gasteiger partial charge in [0, 0.05) is 25.0 Å². The van der Waals surface area contributed by atoms with E-state index in [2.05, 4.69) is 10.3 Å². The molecular formula is C21H23N3O3. The highest BCUT2D eigenvalue weighted by molar-refractivity contribution is 5.95. The zero-order valence-corrected chi connectivity index (χ0v) is 15.7. The lowest BCUT2D eigenvalue weighted by atomic mass is 10.1. The minimum absolute atomic E-state index is 0.213. The largest absolute Gasteiger partial charge is 0.493 e. The van der Waals surface area contributed by atoms with Crippen LogP contribution in [0.1, 0.15) is 34.7 Å². The molecule has 0 bridgehead atoms. The van der Waals surface area contributed by atoms with Gasteiger partial charge in [-0.2, -0.15) is 0 Å². The van der Waals surface area contributed by atoms with E-state index in [9.17, 15) is 4.79 Å². The van der Waals surface area contributed by atoms with Gasteiger partial charge in [0.25, 0.3) is 5.91 Å². The predicted octanol–water partition coefficient (Wildman–Crippen LogP) is 3.35. The number of hydrogen-bond donors (Lipinski definition) is 1. The van der Waals surface area contributed by atoms with Crippen molar-refractivity contribution in [3.8, 4) is 11.5 Å². The lowest BCUT2D eigenvalue weighted by Crippen LogP contribution is -2.31. The average molecular weight is 365 g/mol. The highest BCUT2D eigenvalue weighted by Crippen LogP contribution is 2.28. The van der Waals surface area contributed by atoms with E-state index >= 15 is 0 Å². The van der Waals surface area contributed by atoms with Gasteiger partial charge in [0.2, 0.25) is 0 Å². The third kappa shape index (κ3) is 4.11. The van der Waals surface area contributed by atoms with E-state index in [0.717, 1.165) is 11.4 Å². The van der Waals surface area contributed by atoms with Gasteiger partial charge < -0.3 is 19.4 Å². The number of rotatable bonds is 7. The fourth-order valence-corrected chi connectivity index (χ4v) is 2.90. The van der Waals surface area contributed by atoms with Gasteiger partial charge in [-0.05, 0) is 30.7 Å². The molecule has 0 fully saturated rings. The first kappa shape index (κ1) is 18.5. The first-order valence-electron chi connectivity index (χ1n) is 8.78. The van der Waals surface area contributed by atoms with Crippen LogP contribution in [-0.2, 0) is 7.05 Å². The Morgan fingerprint density at radius 3 is 2.59 bits per heavy atom. The summed E-state index contributed by atoms with van der Waals surface area (Å²) in [5.41, 5.74) is 1.45. The SMILES string of the molecule is CCOc1cc(C(=O)NC(c2ccccc2)c2nccn2C)ccc1OC. The summed E-state index contributed by atoms with van der Waals surface area (Å²) in [7, 11) is 3.48. The zero-order valence-electron chi connectivity index (χ0n) is 15.7. The van der Waals surface area contributed by atoms with Crippen LogP contribution in [0.25, 0.3) is 0 Å². The molecule has 3 rings (SSSR count). The molecule has 1 aromatic heterocycles. The molecule has 1 amide bonds. The van der Waals surface area contributed by atoms with Gasteiger partial charge in [0.05, 0.1) is 13.7 Å². The molecule has 2 aromatic carbocycles. The van der Waals surface area contributed by atoms with Crippen LogP contribution in [0.3, 0.4) is 0 Å². The second-order valence-corrected chi connectivity index (χ2v) is 6.01. The van der Waals surface area contributed by atoms with Crippen molar-refractivity contribution >= 4 is 5.91 Å². The summed E-state index contributed by atoms with van der Waals surface area (Å²) in [5.74, 6) is 1.68. The first-order chi connectivity index (χ1) is 13.1. The van der Waals surface area contributed by atoms with Crippen LogP contribution >= 0.6 is 0 Å². The number of aromatic nitrogens is 2. The number of nitrogens with one attached hydrogen (secondary N) is 1. The molecule has 6 heteroatoms. The number of nitrogens with zero attached hydrogens (tertiary/aromatic N) is 2. The van der Waals surface area contributed by atoms with Gasteiger partial charge in [-0.1, -0.05) is 30.3 Å². The summed E-state index contributed by atoms with van der Waals surface area (Å²) in [6.45, 7) is 2.38. The lowest BCUT2D eigenvalue weighted by molar-refractivity contribution is 0.0940. The molecule has 0 saturated heterocycles. The molecule has 140 valence electrons. The Morgan fingerprint density at radius 2 is 1.96 bits per heavy atom. The van der Waals surface area contributed by atoms with E-state index in [1.54, 1.807) is 31.5 Å². The van der Waals surface area contributed by atoms with Gasteiger partial charge in [-0.25, -0.2) is 4.98 Å². The predicted molar refractivity (Wildman–Crippen MR) is 103 cm³/mol. The monoisotopic (exact) mass is 365 g/mol. The third-order valence-electron chi connectivity index (χ3n) is 4.25. The third-order valence-corrected chi connectivity index (χ3v) is 4.25. The van der Waals surface area contributed by atoms with Crippen molar-refractivity contribution in [1.82, 2.24) is 14.9 Å². The van der Waals surface area contributed by atoms with Crippen molar-refractivity contribution in [2.75, 3.05) is 13.7 Å². The molecule has 0 radical (unpaired) electrons. The molecule has 3 aromatic rings. The Bertz CT molecular complexity index is 906. The van der Waals surface area contributed by atoms with Crippen LogP contribution < -0.4 is 14.8 Å². The minimum atomic E-state index is -0.364. The Morgan fingerprint density at radius 1 is 1.19 bits per heavy atom. The highest BCUT2D eigenvalue weighted by atomic mass is 16.5. The van der Waals surface area contributed by atoms with Crippen molar-refractivity contribution < 1.29 is 14.3 Å². The Hall–Kier alpha value is -3.28. The van der Waals surface area contributed by atoms with Crippen molar-refractivity contribution in [3.05, 3.63) is 77.9 Å². The summed E-state index contributed by atoms with van der Waals surface area (Å²) in [4.78, 5) is 17.4. The second kappa shape index (κ2) is 8.40. The van der Waals surface area contributed by atoms with E-state index in [1.165, 1.54) is 0 Å².